The molecule has 1 heterocycles. The molecular weight excluding hydrogens is 172 g/mol. The van der Waals surface area contributed by atoms with E-state index in [9.17, 15) is 0 Å². The Bertz CT molecular complexity index is 416. The molecule has 0 atom stereocenters. The second-order valence-corrected chi connectivity index (χ2v) is 3.45. The number of H-pyrrole nitrogens is 1. The summed E-state index contributed by atoms with van der Waals surface area (Å²) in [6, 6.07) is 10.4. The number of nitrogens with two attached hydrogens (primary N) is 1. The first-order chi connectivity index (χ1) is 6.81. The monoisotopic (exact) mass is 186 g/mol. The standard InChI is InChI=1S/C12H14N2/c1-9-4-5-10(8-13)11(7-9)12-3-2-6-14-12/h2-7,14H,8,13H2,1H3. The van der Waals surface area contributed by atoms with E-state index in [1.165, 1.54) is 16.7 Å². The molecule has 0 radical (unpaired) electrons. The van der Waals surface area contributed by atoms with Crippen molar-refractivity contribution in [2.24, 2.45) is 5.73 Å². The molecule has 0 saturated heterocycles. The highest BCUT2D eigenvalue weighted by atomic mass is 14.7. The van der Waals surface area contributed by atoms with E-state index in [1.807, 2.05) is 12.3 Å². The molecular formula is C12H14N2. The average Bonchev–Trinajstić information content (AvgIpc) is 2.70. The van der Waals surface area contributed by atoms with Crippen LogP contribution in [0.3, 0.4) is 0 Å². The molecule has 3 N–H and O–H groups in total. The summed E-state index contributed by atoms with van der Waals surface area (Å²) in [5, 5.41) is 0. The zero-order valence-corrected chi connectivity index (χ0v) is 8.25. The molecule has 72 valence electrons. The van der Waals surface area contributed by atoms with E-state index in [4.69, 9.17) is 5.73 Å². The van der Waals surface area contributed by atoms with E-state index < -0.39 is 0 Å². The van der Waals surface area contributed by atoms with Crippen molar-refractivity contribution in [3.63, 3.8) is 0 Å². The summed E-state index contributed by atoms with van der Waals surface area (Å²) in [5.41, 5.74) is 10.5. The molecule has 0 unspecified atom stereocenters. The molecule has 0 amide bonds. The van der Waals surface area contributed by atoms with E-state index in [2.05, 4.69) is 36.2 Å². The van der Waals surface area contributed by atoms with Gasteiger partial charge in [0.15, 0.2) is 0 Å². The van der Waals surface area contributed by atoms with Gasteiger partial charge < -0.3 is 10.7 Å². The summed E-state index contributed by atoms with van der Waals surface area (Å²) in [4.78, 5) is 3.20. The SMILES string of the molecule is Cc1ccc(CN)c(-c2ccc[nH]2)c1. The molecule has 0 aliphatic heterocycles. The highest BCUT2D eigenvalue weighted by molar-refractivity contribution is 5.64. The number of rotatable bonds is 2. The van der Waals surface area contributed by atoms with Crippen LogP contribution in [0.15, 0.2) is 36.5 Å². The van der Waals surface area contributed by atoms with E-state index in [0.29, 0.717) is 6.54 Å². The van der Waals surface area contributed by atoms with Crippen LogP contribution in [-0.2, 0) is 6.54 Å². The first-order valence-electron chi connectivity index (χ1n) is 4.74. The molecule has 1 aromatic carbocycles. The van der Waals surface area contributed by atoms with Gasteiger partial charge in [-0.05, 0) is 30.7 Å². The van der Waals surface area contributed by atoms with Gasteiger partial charge >= 0.3 is 0 Å². The summed E-state index contributed by atoms with van der Waals surface area (Å²) in [6.07, 6.45) is 1.93. The lowest BCUT2D eigenvalue weighted by molar-refractivity contribution is 1.07. The number of aromatic nitrogens is 1. The molecule has 2 rings (SSSR count). The third kappa shape index (κ3) is 1.56. The van der Waals surface area contributed by atoms with Gasteiger partial charge in [0.05, 0.1) is 0 Å². The third-order valence-electron chi connectivity index (χ3n) is 2.37. The number of aromatic amines is 1. The Balaban J connectivity index is 2.55. The molecule has 2 heteroatoms. The first-order valence-corrected chi connectivity index (χ1v) is 4.74. The Labute approximate surface area is 83.8 Å². The fraction of sp³-hybridized carbons (Fsp3) is 0.167. The van der Waals surface area contributed by atoms with Crippen LogP contribution in [0, 0.1) is 6.92 Å². The van der Waals surface area contributed by atoms with Crippen molar-refractivity contribution >= 4 is 0 Å². The summed E-state index contributed by atoms with van der Waals surface area (Å²) < 4.78 is 0. The summed E-state index contributed by atoms with van der Waals surface area (Å²) in [5.74, 6) is 0. The van der Waals surface area contributed by atoms with Crippen LogP contribution in [0.2, 0.25) is 0 Å². The fourth-order valence-corrected chi connectivity index (χ4v) is 1.62. The lowest BCUT2D eigenvalue weighted by Gasteiger charge is -2.06. The molecule has 1 aromatic heterocycles. The molecule has 0 saturated carbocycles. The van der Waals surface area contributed by atoms with E-state index in [-0.39, 0.29) is 0 Å². The van der Waals surface area contributed by atoms with Crippen LogP contribution in [0.4, 0.5) is 0 Å². The van der Waals surface area contributed by atoms with Gasteiger partial charge in [-0.25, -0.2) is 0 Å². The van der Waals surface area contributed by atoms with Gasteiger partial charge in [-0.1, -0.05) is 17.7 Å². The maximum atomic E-state index is 5.69. The van der Waals surface area contributed by atoms with Crippen LogP contribution in [-0.4, -0.2) is 4.98 Å². The highest BCUT2D eigenvalue weighted by Gasteiger charge is 2.03. The fourth-order valence-electron chi connectivity index (χ4n) is 1.62. The zero-order valence-electron chi connectivity index (χ0n) is 8.25. The lowest BCUT2D eigenvalue weighted by Crippen LogP contribution is -1.99. The van der Waals surface area contributed by atoms with Crippen LogP contribution in [0.5, 0.6) is 0 Å². The van der Waals surface area contributed by atoms with E-state index >= 15 is 0 Å². The minimum absolute atomic E-state index is 0.578. The summed E-state index contributed by atoms with van der Waals surface area (Å²) in [7, 11) is 0. The molecule has 0 aliphatic carbocycles. The molecule has 0 bridgehead atoms. The molecule has 0 fully saturated rings. The quantitative estimate of drug-likeness (QED) is 0.743. The van der Waals surface area contributed by atoms with Gasteiger partial charge in [-0.15, -0.1) is 0 Å². The van der Waals surface area contributed by atoms with Gasteiger partial charge in [-0.3, -0.25) is 0 Å². The maximum Gasteiger partial charge on any atom is 0.0457 e. The lowest BCUT2D eigenvalue weighted by atomic mass is 10.0. The second kappa shape index (κ2) is 3.68. The Morgan fingerprint density at radius 1 is 1.29 bits per heavy atom. The van der Waals surface area contributed by atoms with Crippen molar-refractivity contribution in [2.75, 3.05) is 0 Å². The predicted molar refractivity (Wildman–Crippen MR) is 58.9 cm³/mol. The van der Waals surface area contributed by atoms with Gasteiger partial charge in [0, 0.05) is 24.0 Å². The van der Waals surface area contributed by atoms with Crippen LogP contribution in [0.25, 0.3) is 11.3 Å². The summed E-state index contributed by atoms with van der Waals surface area (Å²) >= 11 is 0. The molecule has 0 aliphatic rings. The van der Waals surface area contributed by atoms with E-state index in [1.54, 1.807) is 0 Å². The topological polar surface area (TPSA) is 41.8 Å². The van der Waals surface area contributed by atoms with Crippen LogP contribution < -0.4 is 5.73 Å². The van der Waals surface area contributed by atoms with Crippen molar-refractivity contribution in [3.05, 3.63) is 47.7 Å². The minimum atomic E-state index is 0.578. The number of benzene rings is 1. The third-order valence-corrected chi connectivity index (χ3v) is 2.37. The molecule has 0 spiro atoms. The van der Waals surface area contributed by atoms with Crippen LogP contribution >= 0.6 is 0 Å². The minimum Gasteiger partial charge on any atom is -0.361 e. The normalized spacial score (nSPS) is 10.4. The number of hydrogen-bond acceptors (Lipinski definition) is 1. The number of hydrogen-bond donors (Lipinski definition) is 2. The van der Waals surface area contributed by atoms with Gasteiger partial charge in [0.2, 0.25) is 0 Å². The predicted octanol–water partition coefficient (Wildman–Crippen LogP) is 2.45. The van der Waals surface area contributed by atoms with Gasteiger partial charge in [0.1, 0.15) is 0 Å². The van der Waals surface area contributed by atoms with Crippen molar-refractivity contribution < 1.29 is 0 Å². The maximum absolute atomic E-state index is 5.69. The van der Waals surface area contributed by atoms with Crippen molar-refractivity contribution in [1.29, 1.82) is 0 Å². The highest BCUT2D eigenvalue weighted by Crippen LogP contribution is 2.22. The largest absolute Gasteiger partial charge is 0.361 e. The molecule has 2 nitrogen and oxygen atoms in total. The first kappa shape index (κ1) is 9.03. The Kier molecular flexibility index (Phi) is 2.37. The summed E-state index contributed by atoms with van der Waals surface area (Å²) in [6.45, 7) is 2.67. The van der Waals surface area contributed by atoms with Crippen molar-refractivity contribution in [2.45, 2.75) is 13.5 Å². The Morgan fingerprint density at radius 3 is 2.79 bits per heavy atom. The zero-order chi connectivity index (χ0) is 9.97. The smallest absolute Gasteiger partial charge is 0.0457 e. The second-order valence-electron chi connectivity index (χ2n) is 3.45. The number of aryl methyl sites for hydroxylation is 1. The number of nitrogens with one attached hydrogen (secondary N) is 1. The Hall–Kier alpha value is -1.54. The molecule has 14 heavy (non-hydrogen) atoms. The van der Waals surface area contributed by atoms with Crippen molar-refractivity contribution in [3.8, 4) is 11.3 Å². The van der Waals surface area contributed by atoms with Crippen LogP contribution in [0.1, 0.15) is 11.1 Å². The van der Waals surface area contributed by atoms with Gasteiger partial charge in [-0.2, -0.15) is 0 Å². The van der Waals surface area contributed by atoms with Crippen molar-refractivity contribution in [1.82, 2.24) is 4.98 Å². The van der Waals surface area contributed by atoms with Gasteiger partial charge in [0.25, 0.3) is 0 Å². The average molecular weight is 186 g/mol. The Morgan fingerprint density at radius 2 is 2.14 bits per heavy atom. The molecule has 2 aromatic rings. The van der Waals surface area contributed by atoms with E-state index in [0.717, 1.165) is 5.69 Å².